The molecular weight excluding hydrogens is 880 g/mol. The van der Waals surface area contributed by atoms with Crippen molar-refractivity contribution >= 4 is 51.6 Å². The Hall–Kier alpha value is -5.16. The van der Waals surface area contributed by atoms with Gasteiger partial charge in [-0.05, 0) is 188 Å². The maximum Gasteiger partial charge on any atom is 0.163 e. The average Bonchev–Trinajstić information content (AvgIpc) is 3.74. The highest BCUT2D eigenvalue weighted by Gasteiger charge is 2.57. The Morgan fingerprint density at radius 1 is 0.412 bits per heavy atom. The van der Waals surface area contributed by atoms with Crippen molar-refractivity contribution in [2.75, 3.05) is 9.11 Å². The number of nitrogens with zero attached hydrogens (tertiary/aromatic N) is 3. The van der Waals surface area contributed by atoms with Gasteiger partial charge >= 0.3 is 0 Å². The normalized spacial score (nSPS) is 16.6. The number of fused-ring (bicyclic) bond motifs is 2. The summed E-state index contributed by atoms with van der Waals surface area (Å²) in [5.74, 6) is 0. The first-order chi connectivity index (χ1) is 32.2. The van der Waals surface area contributed by atoms with Crippen molar-refractivity contribution in [1.29, 1.82) is 0 Å². The zero-order chi connectivity index (χ0) is 48.8. The molecule has 0 spiro atoms. The Labute approximate surface area is 412 Å². The molecule has 9 rings (SSSR count). The summed E-state index contributed by atoms with van der Waals surface area (Å²) in [5.41, 5.74) is 33.3. The molecule has 2 aliphatic rings. The van der Waals surface area contributed by atoms with Gasteiger partial charge in [-0.3, -0.25) is 9.11 Å². The van der Waals surface area contributed by atoms with Gasteiger partial charge in [0.1, 0.15) is 8.07 Å². The molecule has 346 valence electrons. The fraction of sp³-hybridized carbons (Fsp3) is 0.290. The van der Waals surface area contributed by atoms with E-state index in [1.54, 1.807) is 5.03 Å². The van der Waals surface area contributed by atoms with Crippen molar-refractivity contribution in [2.45, 2.75) is 118 Å². The molecule has 1 saturated heterocycles. The number of rotatable bonds is 7. The van der Waals surface area contributed by atoms with Crippen LogP contribution in [0.25, 0.3) is 44.5 Å². The molecule has 2 heterocycles. The molecule has 0 aromatic heterocycles. The van der Waals surface area contributed by atoms with Gasteiger partial charge in [-0.15, -0.1) is 0 Å². The number of para-hydroxylation sites is 3. The lowest BCUT2D eigenvalue weighted by molar-refractivity contribution is 0.609. The van der Waals surface area contributed by atoms with Gasteiger partial charge in [0.25, 0.3) is 0 Å². The van der Waals surface area contributed by atoms with Gasteiger partial charge in [0.2, 0.25) is 0 Å². The molecule has 2 unspecified atom stereocenters. The molecule has 0 saturated carbocycles. The average molecular weight is 948 g/mol. The summed E-state index contributed by atoms with van der Waals surface area (Å²) in [4.78, 5) is 6.14. The molecule has 7 aromatic carbocycles. The third-order valence-corrected chi connectivity index (χ3v) is 23.7. The minimum Gasteiger partial charge on any atom is -0.293 e. The highest BCUT2D eigenvalue weighted by Crippen LogP contribution is 2.85. The molecule has 0 radical (unpaired) electrons. The summed E-state index contributed by atoms with van der Waals surface area (Å²) in [7, 11) is -0.921. The molecule has 2 atom stereocenters. The smallest absolute Gasteiger partial charge is 0.163 e. The Balaban J connectivity index is 1.49. The van der Waals surface area contributed by atoms with E-state index in [2.05, 4.69) is 230 Å². The Kier molecular flexibility index (Phi) is 12.7. The number of hydrogen-bond donors (Lipinski definition) is 0. The first-order valence-corrected chi connectivity index (χ1v) is 28.3. The van der Waals surface area contributed by atoms with Crippen LogP contribution in [0.4, 0.5) is 17.1 Å². The maximum atomic E-state index is 6.14. The Morgan fingerprint density at radius 2 is 0.721 bits per heavy atom. The number of aliphatic imine (C=N–C) groups is 1. The summed E-state index contributed by atoms with van der Waals surface area (Å²) in [6, 6.07) is 39.9. The van der Waals surface area contributed by atoms with E-state index in [9.17, 15) is 0 Å². The van der Waals surface area contributed by atoms with Crippen LogP contribution in [0.5, 0.6) is 0 Å². The van der Waals surface area contributed by atoms with Gasteiger partial charge in [-0.1, -0.05) is 146 Å². The van der Waals surface area contributed by atoms with E-state index in [1.165, 1.54) is 147 Å². The van der Waals surface area contributed by atoms with Crippen molar-refractivity contribution in [1.82, 2.24) is 0 Å². The van der Waals surface area contributed by atoms with E-state index in [1.807, 2.05) is 0 Å². The van der Waals surface area contributed by atoms with E-state index in [-0.39, 0.29) is 5.41 Å². The predicted octanol–water partition coefficient (Wildman–Crippen LogP) is 19.4. The van der Waals surface area contributed by atoms with Gasteiger partial charge in [-0.2, -0.15) is 0 Å². The van der Waals surface area contributed by atoms with Gasteiger partial charge in [0.15, 0.2) is 13.5 Å². The molecule has 1 fully saturated rings. The van der Waals surface area contributed by atoms with E-state index in [4.69, 9.17) is 4.99 Å². The number of benzene rings is 7. The van der Waals surface area contributed by atoms with Crippen LogP contribution in [0.1, 0.15) is 98.7 Å². The molecular formula is C62H68N3P3. The summed E-state index contributed by atoms with van der Waals surface area (Å²) in [5, 5.41) is 1.58. The van der Waals surface area contributed by atoms with Crippen molar-refractivity contribution < 1.29 is 0 Å². The van der Waals surface area contributed by atoms with Gasteiger partial charge in [0, 0.05) is 27.3 Å². The van der Waals surface area contributed by atoms with E-state index < -0.39 is 16.0 Å². The molecule has 68 heavy (non-hydrogen) atoms. The molecule has 7 aromatic rings. The van der Waals surface area contributed by atoms with Gasteiger partial charge < -0.3 is 0 Å². The number of amidine groups is 1. The third-order valence-electron chi connectivity index (χ3n) is 13.9. The van der Waals surface area contributed by atoms with E-state index >= 15 is 0 Å². The first kappa shape index (κ1) is 47.9. The second-order valence-corrected chi connectivity index (χ2v) is 27.2. The topological polar surface area (TPSA) is 18.8 Å². The second-order valence-electron chi connectivity index (χ2n) is 21.0. The number of hydrogen-bond acceptors (Lipinski definition) is 2. The fourth-order valence-electron chi connectivity index (χ4n) is 11.6. The molecule has 0 amide bonds. The van der Waals surface area contributed by atoms with Crippen LogP contribution in [-0.4, -0.2) is 10.6 Å². The van der Waals surface area contributed by atoms with Crippen molar-refractivity contribution in [3.8, 4) is 44.5 Å². The van der Waals surface area contributed by atoms with Crippen LogP contribution in [-0.2, 0) is 0 Å². The third kappa shape index (κ3) is 8.22. The highest BCUT2D eigenvalue weighted by molar-refractivity contribution is 8.38. The Morgan fingerprint density at radius 3 is 1.04 bits per heavy atom. The highest BCUT2D eigenvalue weighted by atomic mass is 32.0. The summed E-state index contributed by atoms with van der Waals surface area (Å²) < 4.78 is 5.78. The molecule has 3 nitrogen and oxygen atoms in total. The van der Waals surface area contributed by atoms with E-state index in [0.717, 1.165) is 5.69 Å². The first-order valence-electron chi connectivity index (χ1n) is 24.2. The largest absolute Gasteiger partial charge is 0.293 e. The molecule has 6 heteroatoms. The zero-order valence-electron chi connectivity index (χ0n) is 43.5. The maximum absolute atomic E-state index is 6.14. The fourth-order valence-corrected chi connectivity index (χ4v) is 23.9. The second kappa shape index (κ2) is 18.0. The van der Waals surface area contributed by atoms with Crippen molar-refractivity contribution in [3.05, 3.63) is 181 Å². The van der Waals surface area contributed by atoms with Crippen LogP contribution in [0.3, 0.4) is 0 Å². The SMILES string of the molecule is Cc1cc(C)c(-c2cccc(-c3c(C)cc(C)cc3C)c2N2C(=Nc3c(C)cccc3C)P3C(C(C)(C)C)=PP2N3c2c(-c3c(C)cc(C)cc3C)cccc2-c2c(C)cc(C)cc2C)c(C)c1. The molecule has 0 aliphatic carbocycles. The monoisotopic (exact) mass is 947 g/mol. The van der Waals surface area contributed by atoms with Crippen LogP contribution in [0.2, 0.25) is 0 Å². The summed E-state index contributed by atoms with van der Waals surface area (Å²) in [6.07, 6.45) is 0. The lowest BCUT2D eigenvalue weighted by Crippen LogP contribution is -2.27. The number of aryl methyl sites for hydroxylation is 14. The lowest BCUT2D eigenvalue weighted by atomic mass is 9.87. The van der Waals surface area contributed by atoms with Gasteiger partial charge in [0.05, 0.1) is 17.1 Å². The minimum atomic E-state index is -1.16. The van der Waals surface area contributed by atoms with Crippen LogP contribution in [0, 0.1) is 102 Å². The molecule has 0 N–H and O–H groups in total. The van der Waals surface area contributed by atoms with Crippen molar-refractivity contribution in [2.24, 2.45) is 10.4 Å². The minimum absolute atomic E-state index is 0.0761. The standard InChI is InChI=1S/C62H68N3P3/c1-35-27-41(7)53(42(8)28-35)49-23-19-24-50(54-43(9)29-36(2)30-44(54)10)58(49)64-61(63-57-39(5)21-18-22-40(57)6)67-60(62(15,16)17)66-68(64)65(67)59-51(55-45(11)31-37(3)32-46(55)12)25-20-26-52(59)56-47(13)33-38(4)34-48(56)14/h18-34H,1-17H3. The van der Waals surface area contributed by atoms with Gasteiger partial charge in [-0.25, -0.2) is 4.99 Å². The quantitative estimate of drug-likeness (QED) is 0.148. The van der Waals surface area contributed by atoms with Crippen LogP contribution >= 0.6 is 23.9 Å². The van der Waals surface area contributed by atoms with Crippen LogP contribution in [0.15, 0.2) is 108 Å². The molecule has 2 bridgehead atoms. The van der Waals surface area contributed by atoms with E-state index in [0.29, 0.717) is 0 Å². The van der Waals surface area contributed by atoms with Crippen molar-refractivity contribution in [3.63, 3.8) is 0 Å². The number of anilines is 2. The van der Waals surface area contributed by atoms with Crippen LogP contribution < -0.4 is 9.11 Å². The lowest BCUT2D eigenvalue weighted by Gasteiger charge is -2.34. The zero-order valence-corrected chi connectivity index (χ0v) is 46.2. The Bertz CT molecular complexity index is 3030. The molecule has 2 aliphatic heterocycles. The summed E-state index contributed by atoms with van der Waals surface area (Å²) in [6.45, 7) is 39.2. The predicted molar refractivity (Wildman–Crippen MR) is 305 cm³/mol. The summed E-state index contributed by atoms with van der Waals surface area (Å²) >= 11 is 0.